The number of halogens is 2. The van der Waals surface area contributed by atoms with Crippen molar-refractivity contribution in [1.29, 1.82) is 0 Å². The van der Waals surface area contributed by atoms with E-state index in [-0.39, 0.29) is 24.6 Å². The van der Waals surface area contributed by atoms with Crippen molar-refractivity contribution in [2.45, 2.75) is 39.2 Å². The van der Waals surface area contributed by atoms with Gasteiger partial charge in [-0.25, -0.2) is 0 Å². The molecular formula is C17H21F2NO4. The lowest BCUT2D eigenvalue weighted by Gasteiger charge is -2.37. The number of nitrogens with zero attached hydrogens (tertiary/aromatic N) is 1. The van der Waals surface area contributed by atoms with Gasteiger partial charge in [-0.05, 0) is 43.9 Å². The Labute approximate surface area is 139 Å². The first-order valence-corrected chi connectivity index (χ1v) is 7.85. The number of benzene rings is 1. The predicted molar refractivity (Wildman–Crippen MR) is 83.0 cm³/mol. The molecule has 5 nitrogen and oxygen atoms in total. The van der Waals surface area contributed by atoms with Crippen LogP contribution in [-0.4, -0.2) is 41.6 Å². The second-order valence-electron chi connectivity index (χ2n) is 6.31. The van der Waals surface area contributed by atoms with E-state index in [0.29, 0.717) is 25.8 Å². The number of carboxylic acid groups (broad SMARTS) is 1. The van der Waals surface area contributed by atoms with E-state index in [9.17, 15) is 23.5 Å². The number of carbonyl (C=O) groups is 2. The first-order chi connectivity index (χ1) is 11.3. The van der Waals surface area contributed by atoms with Gasteiger partial charge in [0.1, 0.15) is 5.75 Å². The van der Waals surface area contributed by atoms with Crippen molar-refractivity contribution in [2.75, 3.05) is 13.1 Å². The van der Waals surface area contributed by atoms with Crippen molar-refractivity contribution < 1.29 is 28.2 Å². The van der Waals surface area contributed by atoms with Crippen LogP contribution < -0.4 is 4.74 Å². The molecule has 1 atom stereocenters. The number of carboxylic acids is 1. The van der Waals surface area contributed by atoms with Crippen molar-refractivity contribution in [1.82, 2.24) is 4.90 Å². The average Bonchev–Trinajstić information content (AvgIpc) is 2.53. The van der Waals surface area contributed by atoms with Crippen molar-refractivity contribution in [3.05, 3.63) is 29.8 Å². The number of carbonyl (C=O) groups excluding carboxylic acids is 1. The molecule has 0 aliphatic carbocycles. The number of hydrogen-bond acceptors (Lipinski definition) is 3. The number of aryl methyl sites for hydroxylation is 1. The Kier molecular flexibility index (Phi) is 5.75. The van der Waals surface area contributed by atoms with E-state index in [2.05, 4.69) is 4.74 Å². The maximum Gasteiger partial charge on any atom is 0.387 e. The summed E-state index contributed by atoms with van der Waals surface area (Å²) in [4.78, 5) is 25.2. The standard InChI is InChI=1S/C17H21F2NO4/c1-17(15(22)23)9-2-10-20(11-17)14(21)8-5-12-3-6-13(7-4-12)24-16(18)19/h3-4,6-7,16H,2,5,8-11H2,1H3,(H,22,23). The monoisotopic (exact) mass is 341 g/mol. The number of hydrogen-bond donors (Lipinski definition) is 1. The molecule has 132 valence electrons. The fourth-order valence-electron chi connectivity index (χ4n) is 2.87. The molecule has 0 saturated carbocycles. The van der Waals surface area contributed by atoms with Gasteiger partial charge < -0.3 is 14.7 Å². The summed E-state index contributed by atoms with van der Waals surface area (Å²) in [5.74, 6) is -0.891. The third-order valence-corrected chi connectivity index (χ3v) is 4.34. The van der Waals surface area contributed by atoms with Crippen LogP contribution >= 0.6 is 0 Å². The Hall–Kier alpha value is -2.18. The lowest BCUT2D eigenvalue weighted by Crippen LogP contribution is -2.48. The van der Waals surface area contributed by atoms with Crippen LogP contribution in [0.2, 0.25) is 0 Å². The Balaban J connectivity index is 1.87. The van der Waals surface area contributed by atoms with Gasteiger partial charge in [-0.2, -0.15) is 8.78 Å². The average molecular weight is 341 g/mol. The summed E-state index contributed by atoms with van der Waals surface area (Å²) in [6.07, 6.45) is 1.96. The predicted octanol–water partition coefficient (Wildman–Crippen LogP) is 2.93. The molecule has 1 aromatic carbocycles. The summed E-state index contributed by atoms with van der Waals surface area (Å²) >= 11 is 0. The number of ether oxygens (including phenoxy) is 1. The summed E-state index contributed by atoms with van der Waals surface area (Å²) in [5, 5.41) is 9.29. The summed E-state index contributed by atoms with van der Waals surface area (Å²) in [6.45, 7) is -0.401. The molecule has 1 saturated heterocycles. The Morgan fingerprint density at radius 3 is 2.58 bits per heavy atom. The molecule has 2 rings (SSSR count). The van der Waals surface area contributed by atoms with Crippen LogP contribution in [0.15, 0.2) is 24.3 Å². The minimum Gasteiger partial charge on any atom is -0.481 e. The Morgan fingerprint density at radius 2 is 2.00 bits per heavy atom. The zero-order valence-electron chi connectivity index (χ0n) is 13.5. The molecule has 1 amide bonds. The number of rotatable bonds is 6. The zero-order chi connectivity index (χ0) is 17.7. The van der Waals surface area contributed by atoms with Crippen LogP contribution in [0.5, 0.6) is 5.75 Å². The van der Waals surface area contributed by atoms with Gasteiger partial charge in [0.15, 0.2) is 0 Å². The third kappa shape index (κ3) is 4.66. The normalized spacial score (nSPS) is 20.9. The summed E-state index contributed by atoms with van der Waals surface area (Å²) in [7, 11) is 0. The van der Waals surface area contributed by atoms with Crippen molar-refractivity contribution in [3.63, 3.8) is 0 Å². The molecule has 1 heterocycles. The molecule has 0 bridgehead atoms. The number of amides is 1. The van der Waals surface area contributed by atoms with Crippen LogP contribution in [0.4, 0.5) is 8.78 Å². The van der Waals surface area contributed by atoms with E-state index in [4.69, 9.17) is 0 Å². The molecule has 1 fully saturated rings. The molecule has 1 aliphatic rings. The lowest BCUT2D eigenvalue weighted by atomic mass is 9.82. The SMILES string of the molecule is CC1(C(=O)O)CCCN(C(=O)CCc2ccc(OC(F)F)cc2)C1. The van der Waals surface area contributed by atoms with Crippen molar-refractivity contribution in [3.8, 4) is 5.75 Å². The zero-order valence-corrected chi connectivity index (χ0v) is 13.5. The number of likely N-dealkylation sites (tertiary alicyclic amines) is 1. The molecule has 0 radical (unpaired) electrons. The molecule has 1 aliphatic heterocycles. The molecule has 0 spiro atoms. The topological polar surface area (TPSA) is 66.8 Å². The summed E-state index contributed by atoms with van der Waals surface area (Å²) < 4.78 is 28.4. The summed E-state index contributed by atoms with van der Waals surface area (Å²) in [5.41, 5.74) is -0.0507. The van der Waals surface area contributed by atoms with Crippen LogP contribution in [0, 0.1) is 5.41 Å². The molecule has 24 heavy (non-hydrogen) atoms. The smallest absolute Gasteiger partial charge is 0.387 e. The first-order valence-electron chi connectivity index (χ1n) is 7.85. The van der Waals surface area contributed by atoms with E-state index in [1.807, 2.05) is 0 Å². The van der Waals surface area contributed by atoms with Gasteiger partial charge in [-0.15, -0.1) is 0 Å². The van der Waals surface area contributed by atoms with Gasteiger partial charge in [0.25, 0.3) is 0 Å². The Bertz CT molecular complexity index is 591. The Morgan fingerprint density at radius 1 is 1.33 bits per heavy atom. The van der Waals surface area contributed by atoms with E-state index >= 15 is 0 Å². The maximum absolute atomic E-state index is 12.3. The molecule has 0 aromatic heterocycles. The fraction of sp³-hybridized carbons (Fsp3) is 0.529. The van der Waals surface area contributed by atoms with Gasteiger partial charge in [0, 0.05) is 19.5 Å². The highest BCUT2D eigenvalue weighted by atomic mass is 19.3. The highest BCUT2D eigenvalue weighted by molar-refractivity contribution is 5.79. The van der Waals surface area contributed by atoms with Gasteiger partial charge in [0.05, 0.1) is 5.41 Å². The highest BCUT2D eigenvalue weighted by Crippen LogP contribution is 2.30. The van der Waals surface area contributed by atoms with Crippen molar-refractivity contribution in [2.24, 2.45) is 5.41 Å². The second-order valence-corrected chi connectivity index (χ2v) is 6.31. The molecule has 1 N–H and O–H groups in total. The quantitative estimate of drug-likeness (QED) is 0.864. The van der Waals surface area contributed by atoms with Crippen LogP contribution in [0.3, 0.4) is 0 Å². The maximum atomic E-state index is 12.3. The number of aliphatic carboxylic acids is 1. The molecular weight excluding hydrogens is 320 g/mol. The third-order valence-electron chi connectivity index (χ3n) is 4.34. The second kappa shape index (κ2) is 7.59. The van der Waals surface area contributed by atoms with E-state index in [1.165, 1.54) is 12.1 Å². The molecule has 1 unspecified atom stereocenters. The first kappa shape index (κ1) is 18.2. The summed E-state index contributed by atoms with van der Waals surface area (Å²) in [6, 6.07) is 6.16. The van der Waals surface area contributed by atoms with Gasteiger partial charge in [-0.1, -0.05) is 12.1 Å². The minimum atomic E-state index is -2.86. The van der Waals surface area contributed by atoms with Crippen LogP contribution in [0.1, 0.15) is 31.7 Å². The van der Waals surface area contributed by atoms with E-state index in [0.717, 1.165) is 5.56 Å². The van der Waals surface area contributed by atoms with Crippen molar-refractivity contribution >= 4 is 11.9 Å². The number of alkyl halides is 2. The van der Waals surface area contributed by atoms with Crippen LogP contribution in [0.25, 0.3) is 0 Å². The van der Waals surface area contributed by atoms with Crippen LogP contribution in [-0.2, 0) is 16.0 Å². The fourth-order valence-corrected chi connectivity index (χ4v) is 2.87. The number of piperidine rings is 1. The van der Waals surface area contributed by atoms with E-state index in [1.54, 1.807) is 24.0 Å². The minimum absolute atomic E-state index is 0.0772. The molecule has 7 heteroatoms. The highest BCUT2D eigenvalue weighted by Gasteiger charge is 2.39. The largest absolute Gasteiger partial charge is 0.481 e. The lowest BCUT2D eigenvalue weighted by molar-refractivity contribution is -0.153. The van der Waals surface area contributed by atoms with Gasteiger partial charge in [-0.3, -0.25) is 9.59 Å². The van der Waals surface area contributed by atoms with Gasteiger partial charge in [0.2, 0.25) is 5.91 Å². The van der Waals surface area contributed by atoms with Gasteiger partial charge >= 0.3 is 12.6 Å². The molecule has 1 aromatic rings. The van der Waals surface area contributed by atoms with E-state index < -0.39 is 18.0 Å².